The van der Waals surface area contributed by atoms with E-state index >= 15 is 0 Å². The maximum atomic E-state index is 5.23. The molecule has 2 heterocycles. The fourth-order valence-electron chi connectivity index (χ4n) is 3.37. The summed E-state index contributed by atoms with van der Waals surface area (Å²) in [6.07, 6.45) is 1.93. The molecule has 130 valence electrons. The second-order valence-corrected chi connectivity index (χ2v) is 6.68. The predicted molar refractivity (Wildman–Crippen MR) is 102 cm³/mol. The molecule has 0 saturated carbocycles. The number of imidazole rings is 1. The normalized spacial score (nSPS) is 15.7. The first-order valence-corrected chi connectivity index (χ1v) is 8.74. The standard InChI is InChI=1S/C20H24N4O/c1-22-9-11-23(12-10-22)17-5-8-20-19(13-17)21-15-24(20)14-16-3-6-18(25-2)7-4-16/h3-8,13,15H,9-12,14H2,1-2H3. The average Bonchev–Trinajstić information content (AvgIpc) is 3.05. The summed E-state index contributed by atoms with van der Waals surface area (Å²) in [6.45, 7) is 5.20. The van der Waals surface area contributed by atoms with Gasteiger partial charge in [0.25, 0.3) is 0 Å². The quantitative estimate of drug-likeness (QED) is 0.734. The number of hydrogen-bond acceptors (Lipinski definition) is 4. The van der Waals surface area contributed by atoms with Gasteiger partial charge in [-0.1, -0.05) is 12.1 Å². The van der Waals surface area contributed by atoms with Crippen molar-refractivity contribution in [2.45, 2.75) is 6.54 Å². The Morgan fingerprint density at radius 1 is 1.00 bits per heavy atom. The lowest BCUT2D eigenvalue weighted by molar-refractivity contribution is 0.313. The number of piperazine rings is 1. The van der Waals surface area contributed by atoms with Crippen molar-refractivity contribution in [2.24, 2.45) is 0 Å². The van der Waals surface area contributed by atoms with E-state index in [-0.39, 0.29) is 0 Å². The molecule has 0 unspecified atom stereocenters. The maximum Gasteiger partial charge on any atom is 0.118 e. The number of rotatable bonds is 4. The molecule has 0 amide bonds. The first-order valence-electron chi connectivity index (χ1n) is 8.74. The van der Waals surface area contributed by atoms with Crippen molar-refractivity contribution in [2.75, 3.05) is 45.2 Å². The monoisotopic (exact) mass is 336 g/mol. The lowest BCUT2D eigenvalue weighted by atomic mass is 10.2. The molecule has 0 radical (unpaired) electrons. The van der Waals surface area contributed by atoms with E-state index in [1.807, 2.05) is 18.5 Å². The van der Waals surface area contributed by atoms with Gasteiger partial charge in [-0.3, -0.25) is 0 Å². The highest BCUT2D eigenvalue weighted by Gasteiger charge is 2.15. The van der Waals surface area contributed by atoms with Gasteiger partial charge < -0.3 is 19.1 Å². The molecule has 5 nitrogen and oxygen atoms in total. The summed E-state index contributed by atoms with van der Waals surface area (Å²) < 4.78 is 7.42. The number of aromatic nitrogens is 2. The molecular weight excluding hydrogens is 312 g/mol. The van der Waals surface area contributed by atoms with Gasteiger partial charge in [-0.25, -0.2) is 4.98 Å². The molecule has 0 aliphatic carbocycles. The molecule has 0 atom stereocenters. The summed E-state index contributed by atoms with van der Waals surface area (Å²) >= 11 is 0. The van der Waals surface area contributed by atoms with Crippen LogP contribution >= 0.6 is 0 Å². The van der Waals surface area contributed by atoms with Crippen molar-refractivity contribution >= 4 is 16.7 Å². The number of anilines is 1. The van der Waals surface area contributed by atoms with Gasteiger partial charge in [0, 0.05) is 38.4 Å². The Morgan fingerprint density at radius 2 is 1.76 bits per heavy atom. The summed E-state index contributed by atoms with van der Waals surface area (Å²) in [7, 11) is 3.87. The van der Waals surface area contributed by atoms with Crippen molar-refractivity contribution in [3.05, 3.63) is 54.4 Å². The Balaban J connectivity index is 1.55. The number of hydrogen-bond donors (Lipinski definition) is 0. The average molecular weight is 336 g/mol. The molecule has 25 heavy (non-hydrogen) atoms. The molecule has 1 aliphatic rings. The molecule has 0 spiro atoms. The third-order valence-corrected chi connectivity index (χ3v) is 4.99. The number of likely N-dealkylation sites (N-methyl/N-ethyl adjacent to an activating group) is 1. The van der Waals surface area contributed by atoms with E-state index in [9.17, 15) is 0 Å². The van der Waals surface area contributed by atoms with Crippen molar-refractivity contribution < 1.29 is 4.74 Å². The number of methoxy groups -OCH3 is 1. The molecule has 2 aromatic carbocycles. The molecule has 0 bridgehead atoms. The van der Waals surface area contributed by atoms with Crippen LogP contribution in [0.5, 0.6) is 5.75 Å². The van der Waals surface area contributed by atoms with Gasteiger partial charge in [-0.2, -0.15) is 0 Å². The second-order valence-electron chi connectivity index (χ2n) is 6.68. The molecular formula is C20H24N4O. The van der Waals surface area contributed by atoms with Crippen LogP contribution in [-0.2, 0) is 6.54 Å². The molecule has 1 saturated heterocycles. The minimum atomic E-state index is 0.814. The Labute approximate surface area is 148 Å². The van der Waals surface area contributed by atoms with Gasteiger partial charge in [-0.15, -0.1) is 0 Å². The number of fused-ring (bicyclic) bond motifs is 1. The largest absolute Gasteiger partial charge is 0.497 e. The zero-order valence-electron chi connectivity index (χ0n) is 14.9. The van der Waals surface area contributed by atoms with Crippen molar-refractivity contribution in [1.29, 1.82) is 0 Å². The lowest BCUT2D eigenvalue weighted by Crippen LogP contribution is -2.44. The zero-order chi connectivity index (χ0) is 17.2. The highest BCUT2D eigenvalue weighted by Crippen LogP contribution is 2.23. The van der Waals surface area contributed by atoms with E-state index in [1.54, 1.807) is 7.11 Å². The van der Waals surface area contributed by atoms with Crippen molar-refractivity contribution in [3.63, 3.8) is 0 Å². The van der Waals surface area contributed by atoms with Crippen LogP contribution in [0.4, 0.5) is 5.69 Å². The summed E-state index contributed by atoms with van der Waals surface area (Å²) in [6, 6.07) is 14.8. The van der Waals surface area contributed by atoms with E-state index in [4.69, 9.17) is 4.74 Å². The van der Waals surface area contributed by atoms with Gasteiger partial charge in [0.2, 0.25) is 0 Å². The smallest absolute Gasteiger partial charge is 0.118 e. The first kappa shape index (κ1) is 16.0. The van der Waals surface area contributed by atoms with Crippen molar-refractivity contribution in [1.82, 2.24) is 14.5 Å². The van der Waals surface area contributed by atoms with Crippen LogP contribution in [0.1, 0.15) is 5.56 Å². The molecule has 0 N–H and O–H groups in total. The van der Waals surface area contributed by atoms with Gasteiger partial charge in [-0.05, 0) is 42.9 Å². The Morgan fingerprint density at radius 3 is 2.48 bits per heavy atom. The fraction of sp³-hybridized carbons (Fsp3) is 0.350. The van der Waals surface area contributed by atoms with Crippen LogP contribution in [0.15, 0.2) is 48.8 Å². The first-order chi connectivity index (χ1) is 12.2. The van der Waals surface area contributed by atoms with Crippen molar-refractivity contribution in [3.8, 4) is 5.75 Å². The summed E-state index contributed by atoms with van der Waals surface area (Å²) in [4.78, 5) is 9.44. The molecule has 5 heteroatoms. The van der Waals surface area contributed by atoms with E-state index in [2.05, 4.69) is 56.7 Å². The van der Waals surface area contributed by atoms with Crippen LogP contribution in [-0.4, -0.2) is 54.8 Å². The predicted octanol–water partition coefficient (Wildman–Crippen LogP) is 2.85. The third-order valence-electron chi connectivity index (χ3n) is 4.99. The molecule has 4 rings (SSSR count). The molecule has 1 aromatic heterocycles. The number of ether oxygens (including phenoxy) is 1. The van der Waals surface area contributed by atoms with Crippen LogP contribution in [0.2, 0.25) is 0 Å². The fourth-order valence-corrected chi connectivity index (χ4v) is 3.37. The van der Waals surface area contributed by atoms with Gasteiger partial charge in [0.15, 0.2) is 0 Å². The Kier molecular flexibility index (Phi) is 4.32. The summed E-state index contributed by atoms with van der Waals surface area (Å²) in [5, 5.41) is 0. The van der Waals surface area contributed by atoms with E-state index in [1.165, 1.54) is 16.8 Å². The Bertz CT molecular complexity index is 848. The number of nitrogens with zero attached hydrogens (tertiary/aromatic N) is 4. The third kappa shape index (κ3) is 3.33. The lowest BCUT2D eigenvalue weighted by Gasteiger charge is -2.34. The highest BCUT2D eigenvalue weighted by atomic mass is 16.5. The van der Waals surface area contributed by atoms with Crippen LogP contribution in [0, 0.1) is 0 Å². The minimum Gasteiger partial charge on any atom is -0.497 e. The highest BCUT2D eigenvalue weighted by molar-refractivity contribution is 5.80. The van der Waals surface area contributed by atoms with E-state index in [0.717, 1.165) is 44.0 Å². The SMILES string of the molecule is COc1ccc(Cn2cnc3cc(N4CCN(C)CC4)ccc32)cc1. The van der Waals surface area contributed by atoms with Crippen LogP contribution in [0.25, 0.3) is 11.0 Å². The number of benzene rings is 2. The zero-order valence-corrected chi connectivity index (χ0v) is 14.9. The van der Waals surface area contributed by atoms with Crippen LogP contribution in [0.3, 0.4) is 0 Å². The maximum absolute atomic E-state index is 5.23. The Hall–Kier alpha value is -2.53. The molecule has 3 aromatic rings. The summed E-state index contributed by atoms with van der Waals surface area (Å²) in [5.41, 5.74) is 4.75. The van der Waals surface area contributed by atoms with E-state index in [0.29, 0.717) is 0 Å². The topological polar surface area (TPSA) is 33.5 Å². The molecule has 1 aliphatic heterocycles. The van der Waals surface area contributed by atoms with Crippen LogP contribution < -0.4 is 9.64 Å². The molecule has 1 fully saturated rings. The van der Waals surface area contributed by atoms with Gasteiger partial charge >= 0.3 is 0 Å². The van der Waals surface area contributed by atoms with Gasteiger partial charge in [0.1, 0.15) is 5.75 Å². The summed E-state index contributed by atoms with van der Waals surface area (Å²) in [5.74, 6) is 0.885. The van der Waals surface area contributed by atoms with Gasteiger partial charge in [0.05, 0.1) is 24.5 Å². The minimum absolute atomic E-state index is 0.814. The van der Waals surface area contributed by atoms with E-state index < -0.39 is 0 Å². The second kappa shape index (κ2) is 6.76.